The first kappa shape index (κ1) is 11.5. The summed E-state index contributed by atoms with van der Waals surface area (Å²) in [7, 11) is 4.15. The zero-order chi connectivity index (χ0) is 8.81. The van der Waals surface area contributed by atoms with Gasteiger partial charge in [0.05, 0.1) is 0 Å². The largest absolute Gasteiger partial charge is 0.156 e. The van der Waals surface area contributed by atoms with Crippen LogP contribution >= 0.6 is 45.1 Å². The van der Waals surface area contributed by atoms with Crippen LogP contribution in [0.5, 0.6) is 0 Å². The SMILES string of the molecule is C(SSCC1CS1)C1CS1.CC. The van der Waals surface area contributed by atoms with E-state index in [1.165, 1.54) is 23.0 Å². The molecule has 0 aromatic heterocycles. The molecule has 2 aliphatic heterocycles. The molecule has 2 saturated heterocycles. The van der Waals surface area contributed by atoms with Gasteiger partial charge in [0, 0.05) is 33.5 Å². The highest BCUT2D eigenvalue weighted by molar-refractivity contribution is 8.76. The zero-order valence-electron chi connectivity index (χ0n) is 7.62. The third-order valence-electron chi connectivity index (χ3n) is 1.40. The summed E-state index contributed by atoms with van der Waals surface area (Å²) in [6.07, 6.45) is 0. The van der Waals surface area contributed by atoms with Crippen LogP contribution in [0.4, 0.5) is 0 Å². The second kappa shape index (κ2) is 6.80. The summed E-state index contributed by atoms with van der Waals surface area (Å²) >= 11 is 4.21. The second-order valence-corrected chi connectivity index (χ2v) is 7.70. The monoisotopic (exact) mass is 240 g/mol. The van der Waals surface area contributed by atoms with Gasteiger partial charge in [0.25, 0.3) is 0 Å². The first-order valence-electron chi connectivity index (χ1n) is 4.43. The molecule has 2 fully saturated rings. The van der Waals surface area contributed by atoms with E-state index in [1.807, 2.05) is 13.8 Å². The zero-order valence-corrected chi connectivity index (χ0v) is 10.9. The van der Waals surface area contributed by atoms with Crippen LogP contribution in [0.25, 0.3) is 0 Å². The summed E-state index contributed by atoms with van der Waals surface area (Å²) < 4.78 is 0. The Labute approximate surface area is 92.2 Å². The predicted molar refractivity (Wildman–Crippen MR) is 68.8 cm³/mol. The Balaban J connectivity index is 0.000000336. The molecule has 0 aromatic rings. The van der Waals surface area contributed by atoms with Gasteiger partial charge in [-0.2, -0.15) is 23.5 Å². The van der Waals surface area contributed by atoms with Crippen LogP contribution in [-0.4, -0.2) is 33.5 Å². The molecule has 2 atom stereocenters. The molecule has 0 aliphatic carbocycles. The van der Waals surface area contributed by atoms with Crippen molar-refractivity contribution < 1.29 is 0 Å². The molecule has 0 saturated carbocycles. The summed E-state index contributed by atoms with van der Waals surface area (Å²) in [6.45, 7) is 4.00. The summed E-state index contributed by atoms with van der Waals surface area (Å²) in [5.41, 5.74) is 0. The van der Waals surface area contributed by atoms with E-state index in [-0.39, 0.29) is 0 Å². The molecule has 0 spiro atoms. The molecule has 0 N–H and O–H groups in total. The van der Waals surface area contributed by atoms with Crippen molar-refractivity contribution in [1.82, 2.24) is 0 Å². The van der Waals surface area contributed by atoms with Crippen LogP contribution in [-0.2, 0) is 0 Å². The lowest BCUT2D eigenvalue weighted by Crippen LogP contribution is -1.87. The Morgan fingerprint density at radius 3 is 1.58 bits per heavy atom. The smallest absolute Gasteiger partial charge is 0.0237 e. The first-order chi connectivity index (χ1) is 5.95. The average Bonchev–Trinajstić information content (AvgIpc) is 2.97. The molecule has 2 rings (SSSR count). The molecule has 0 bridgehead atoms. The van der Waals surface area contributed by atoms with Gasteiger partial charge in [-0.1, -0.05) is 35.4 Å². The molecule has 0 nitrogen and oxygen atoms in total. The standard InChI is InChI=1S/C6H10S4.C2H6/c1-5(7-1)3-9-10-4-6-2-8-6;1-2/h5-6H,1-4H2;1-2H3. The number of thioether (sulfide) groups is 2. The fourth-order valence-electron chi connectivity index (χ4n) is 0.577. The van der Waals surface area contributed by atoms with E-state index in [0.29, 0.717) is 0 Å². The molecule has 72 valence electrons. The Hall–Kier alpha value is 1.40. The number of hydrogen-bond donors (Lipinski definition) is 0. The van der Waals surface area contributed by atoms with Crippen LogP contribution in [0, 0.1) is 0 Å². The van der Waals surface area contributed by atoms with Crippen LogP contribution in [0.1, 0.15) is 13.8 Å². The van der Waals surface area contributed by atoms with E-state index in [0.717, 1.165) is 10.5 Å². The lowest BCUT2D eigenvalue weighted by molar-refractivity contribution is 1.27. The van der Waals surface area contributed by atoms with Gasteiger partial charge in [-0.25, -0.2) is 0 Å². The molecule has 2 aliphatic rings. The van der Waals surface area contributed by atoms with Crippen LogP contribution in [0.2, 0.25) is 0 Å². The summed E-state index contributed by atoms with van der Waals surface area (Å²) in [4.78, 5) is 0. The van der Waals surface area contributed by atoms with Crippen molar-refractivity contribution in [3.05, 3.63) is 0 Å². The van der Waals surface area contributed by atoms with Gasteiger partial charge in [0.15, 0.2) is 0 Å². The van der Waals surface area contributed by atoms with E-state index in [4.69, 9.17) is 0 Å². The van der Waals surface area contributed by atoms with E-state index >= 15 is 0 Å². The van der Waals surface area contributed by atoms with E-state index in [9.17, 15) is 0 Å². The summed E-state index contributed by atoms with van der Waals surface area (Å²) in [5.74, 6) is 5.61. The van der Waals surface area contributed by atoms with Crippen LogP contribution in [0.3, 0.4) is 0 Å². The minimum absolute atomic E-state index is 1.02. The molecule has 4 heteroatoms. The van der Waals surface area contributed by atoms with Crippen molar-refractivity contribution in [2.45, 2.75) is 24.3 Å². The molecular weight excluding hydrogens is 224 g/mol. The summed E-state index contributed by atoms with van der Waals surface area (Å²) in [5, 5.41) is 2.04. The Morgan fingerprint density at radius 1 is 1.00 bits per heavy atom. The molecule has 0 radical (unpaired) electrons. The van der Waals surface area contributed by atoms with Crippen molar-refractivity contribution in [1.29, 1.82) is 0 Å². The third-order valence-corrected chi connectivity index (χ3v) is 6.32. The topological polar surface area (TPSA) is 0 Å². The molecular formula is C8H16S4. The minimum atomic E-state index is 1.02. The van der Waals surface area contributed by atoms with Gasteiger partial charge in [-0.3, -0.25) is 0 Å². The fraction of sp³-hybridized carbons (Fsp3) is 1.00. The van der Waals surface area contributed by atoms with Gasteiger partial charge in [-0.15, -0.1) is 0 Å². The van der Waals surface area contributed by atoms with E-state index in [2.05, 4.69) is 45.1 Å². The number of rotatable bonds is 5. The Bertz CT molecular complexity index is 95.6. The van der Waals surface area contributed by atoms with E-state index < -0.39 is 0 Å². The highest BCUT2D eigenvalue weighted by Crippen LogP contribution is 2.40. The predicted octanol–water partition coefficient (Wildman–Crippen LogP) is 3.62. The lowest BCUT2D eigenvalue weighted by atomic mass is 10.6. The van der Waals surface area contributed by atoms with Gasteiger partial charge in [-0.05, 0) is 0 Å². The van der Waals surface area contributed by atoms with Crippen LogP contribution in [0.15, 0.2) is 0 Å². The maximum atomic E-state index is 2.10. The maximum Gasteiger partial charge on any atom is 0.0237 e. The minimum Gasteiger partial charge on any atom is -0.156 e. The maximum absolute atomic E-state index is 2.10. The third kappa shape index (κ3) is 5.95. The molecule has 2 unspecified atom stereocenters. The molecule has 0 aromatic carbocycles. The van der Waals surface area contributed by atoms with Gasteiger partial charge in [0.2, 0.25) is 0 Å². The molecule has 12 heavy (non-hydrogen) atoms. The van der Waals surface area contributed by atoms with Crippen molar-refractivity contribution in [3.63, 3.8) is 0 Å². The summed E-state index contributed by atoms with van der Waals surface area (Å²) in [6, 6.07) is 0. The molecule has 0 amide bonds. The first-order valence-corrected chi connectivity index (χ1v) is 9.01. The molecule has 2 heterocycles. The normalized spacial score (nSPS) is 30.5. The van der Waals surface area contributed by atoms with Crippen molar-refractivity contribution in [3.8, 4) is 0 Å². The van der Waals surface area contributed by atoms with Gasteiger partial charge in [0.1, 0.15) is 0 Å². The fourth-order valence-corrected chi connectivity index (χ4v) is 5.37. The Kier molecular flexibility index (Phi) is 6.50. The van der Waals surface area contributed by atoms with Crippen molar-refractivity contribution >= 4 is 45.1 Å². The highest BCUT2D eigenvalue weighted by Gasteiger charge is 2.24. The van der Waals surface area contributed by atoms with Crippen LogP contribution < -0.4 is 0 Å². The lowest BCUT2D eigenvalue weighted by Gasteiger charge is -1.94. The second-order valence-electron chi connectivity index (χ2n) is 2.48. The number of hydrogen-bond acceptors (Lipinski definition) is 4. The van der Waals surface area contributed by atoms with Gasteiger partial charge < -0.3 is 0 Å². The van der Waals surface area contributed by atoms with Crippen molar-refractivity contribution in [2.75, 3.05) is 23.0 Å². The highest BCUT2D eigenvalue weighted by atomic mass is 33.1. The van der Waals surface area contributed by atoms with Crippen molar-refractivity contribution in [2.24, 2.45) is 0 Å². The quantitative estimate of drug-likeness (QED) is 0.409. The Morgan fingerprint density at radius 2 is 1.33 bits per heavy atom. The average molecular weight is 240 g/mol. The van der Waals surface area contributed by atoms with Gasteiger partial charge >= 0.3 is 0 Å². The van der Waals surface area contributed by atoms with E-state index in [1.54, 1.807) is 0 Å².